The molecule has 2 aliphatic rings. The quantitative estimate of drug-likeness (QED) is 0.666. The van der Waals surface area contributed by atoms with Crippen LogP contribution >= 0.6 is 0 Å². The normalized spacial score (nSPS) is 24.5. The van der Waals surface area contributed by atoms with Gasteiger partial charge in [0.05, 0.1) is 19.3 Å². The molecule has 2 bridgehead atoms. The number of fused-ring (bicyclic) bond motifs is 2. The number of hydrogen-bond donors (Lipinski definition) is 0. The molecular weight excluding hydrogens is 406 g/mol. The van der Waals surface area contributed by atoms with Crippen LogP contribution in [0.1, 0.15) is 37.1 Å². The van der Waals surface area contributed by atoms with Gasteiger partial charge in [-0.15, -0.1) is 0 Å². The number of aryl methyl sites for hydroxylation is 1. The molecule has 2 aromatic rings. The van der Waals surface area contributed by atoms with Crippen LogP contribution in [-0.2, 0) is 24.9 Å². The van der Waals surface area contributed by atoms with E-state index in [0.717, 1.165) is 35.8 Å². The Labute approximate surface area is 179 Å². The first kappa shape index (κ1) is 21.8. The summed E-state index contributed by atoms with van der Waals surface area (Å²) in [6.07, 6.45) is 2.27. The zero-order valence-corrected chi connectivity index (χ0v) is 17.8. The molecule has 1 aromatic carbocycles. The Morgan fingerprint density at radius 2 is 1.90 bits per heavy atom. The molecule has 2 saturated heterocycles. The maximum Gasteiger partial charge on any atom is 0.353 e. The summed E-state index contributed by atoms with van der Waals surface area (Å²) in [5.74, 6) is 0.0303. The van der Waals surface area contributed by atoms with Crippen molar-refractivity contribution in [2.24, 2.45) is 7.05 Å². The Balaban J connectivity index is 1.34. The molecule has 3 heterocycles. The Morgan fingerprint density at radius 3 is 2.58 bits per heavy atom. The highest BCUT2D eigenvalue weighted by Crippen LogP contribution is 2.37. The fourth-order valence-corrected chi connectivity index (χ4v) is 4.82. The highest BCUT2D eigenvalue weighted by Gasteiger charge is 2.41. The van der Waals surface area contributed by atoms with E-state index in [2.05, 4.69) is 9.88 Å². The summed E-state index contributed by atoms with van der Waals surface area (Å²) in [5.41, 5.74) is -0.458. The summed E-state index contributed by atoms with van der Waals surface area (Å²) in [5, 5.41) is 0. The van der Waals surface area contributed by atoms with E-state index in [0.29, 0.717) is 12.4 Å². The fraction of sp³-hybridized carbons (Fsp3) is 0.591. The highest BCUT2D eigenvalue weighted by molar-refractivity contribution is 5.15. The fourth-order valence-electron chi connectivity index (χ4n) is 4.82. The molecule has 0 spiro atoms. The summed E-state index contributed by atoms with van der Waals surface area (Å²) in [7, 11) is 1.52. The number of piperidine rings is 1. The molecular formula is C22H28F2N4O3. The van der Waals surface area contributed by atoms with E-state index in [4.69, 9.17) is 4.74 Å². The first-order chi connectivity index (χ1) is 14.8. The lowest BCUT2D eigenvalue weighted by Crippen LogP contribution is -2.50. The number of benzene rings is 1. The van der Waals surface area contributed by atoms with Gasteiger partial charge in [-0.2, -0.15) is 4.98 Å². The van der Waals surface area contributed by atoms with Crippen LogP contribution in [-0.4, -0.2) is 49.9 Å². The van der Waals surface area contributed by atoms with Gasteiger partial charge in [-0.25, -0.2) is 22.9 Å². The molecule has 1 aromatic heterocycles. The summed E-state index contributed by atoms with van der Waals surface area (Å²) in [6, 6.07) is 6.82. The van der Waals surface area contributed by atoms with E-state index < -0.39 is 17.6 Å². The maximum atomic E-state index is 14.9. The average molecular weight is 434 g/mol. The van der Waals surface area contributed by atoms with Gasteiger partial charge >= 0.3 is 11.4 Å². The van der Waals surface area contributed by atoms with Gasteiger partial charge in [0.25, 0.3) is 0 Å². The first-order valence-corrected chi connectivity index (χ1v) is 10.7. The zero-order valence-electron chi connectivity index (χ0n) is 17.8. The molecule has 168 valence electrons. The maximum absolute atomic E-state index is 14.9. The van der Waals surface area contributed by atoms with Gasteiger partial charge in [-0.1, -0.05) is 12.1 Å². The molecule has 31 heavy (non-hydrogen) atoms. The van der Waals surface area contributed by atoms with Crippen molar-refractivity contribution in [1.82, 2.24) is 19.0 Å². The lowest BCUT2D eigenvalue weighted by Gasteiger charge is -2.39. The molecule has 0 aliphatic carbocycles. The number of halogens is 2. The third-order valence-corrected chi connectivity index (χ3v) is 6.50. The van der Waals surface area contributed by atoms with Crippen molar-refractivity contribution < 1.29 is 13.5 Å². The molecule has 0 radical (unpaired) electrons. The standard InChI is InChI=1S/C22H28F2N4O3/c1-14-25-21(29)28(22(30)26(14)2)12-17(24)11-27-18-6-7-19(27)10-20(9-18)31-13-15-4-3-5-16(23)8-15/h3-5,8,17-20H,6-7,9-13H2,1-2H3/t17-,18?,19?,20?/m1/s1. The van der Waals surface area contributed by atoms with Gasteiger partial charge in [0.2, 0.25) is 0 Å². The second-order valence-corrected chi connectivity index (χ2v) is 8.61. The second-order valence-electron chi connectivity index (χ2n) is 8.61. The van der Waals surface area contributed by atoms with Crippen LogP contribution < -0.4 is 11.4 Å². The topological polar surface area (TPSA) is 69.4 Å². The predicted octanol–water partition coefficient (Wildman–Crippen LogP) is 1.94. The van der Waals surface area contributed by atoms with E-state index in [1.165, 1.54) is 23.7 Å². The lowest BCUT2D eigenvalue weighted by molar-refractivity contribution is -0.0342. The van der Waals surface area contributed by atoms with Gasteiger partial charge in [-0.3, -0.25) is 9.47 Å². The number of nitrogens with zero attached hydrogens (tertiary/aromatic N) is 4. The molecule has 4 rings (SSSR count). The Bertz CT molecular complexity index is 1040. The van der Waals surface area contributed by atoms with Crippen molar-refractivity contribution in [1.29, 1.82) is 0 Å². The molecule has 2 fully saturated rings. The molecule has 9 heteroatoms. The summed E-state index contributed by atoms with van der Waals surface area (Å²) < 4.78 is 36.4. The van der Waals surface area contributed by atoms with E-state index in [1.54, 1.807) is 13.0 Å². The minimum atomic E-state index is -1.34. The van der Waals surface area contributed by atoms with Crippen LogP contribution in [0.5, 0.6) is 0 Å². The molecule has 0 saturated carbocycles. The number of hydrogen-bond acceptors (Lipinski definition) is 5. The number of aromatic nitrogens is 3. The van der Waals surface area contributed by atoms with Crippen molar-refractivity contribution in [3.05, 3.63) is 62.4 Å². The molecule has 3 atom stereocenters. The molecule has 0 amide bonds. The zero-order chi connectivity index (χ0) is 22.1. The minimum absolute atomic E-state index is 0.0614. The van der Waals surface area contributed by atoms with E-state index in [9.17, 15) is 18.4 Å². The van der Waals surface area contributed by atoms with Gasteiger partial charge < -0.3 is 4.74 Å². The van der Waals surface area contributed by atoms with Crippen LogP contribution in [0.15, 0.2) is 33.9 Å². The average Bonchev–Trinajstić information content (AvgIpc) is 2.95. The number of rotatable bonds is 7. The van der Waals surface area contributed by atoms with Gasteiger partial charge in [-0.05, 0) is 50.3 Å². The predicted molar refractivity (Wildman–Crippen MR) is 111 cm³/mol. The van der Waals surface area contributed by atoms with Gasteiger partial charge in [0.1, 0.15) is 17.8 Å². The third kappa shape index (κ3) is 4.77. The Hall–Kier alpha value is -2.39. The lowest BCUT2D eigenvalue weighted by atomic mass is 9.99. The minimum Gasteiger partial charge on any atom is -0.373 e. The summed E-state index contributed by atoms with van der Waals surface area (Å²) in [6.45, 7) is 1.81. The van der Waals surface area contributed by atoms with E-state index >= 15 is 0 Å². The van der Waals surface area contributed by atoms with Crippen molar-refractivity contribution in [3.8, 4) is 0 Å². The Morgan fingerprint density at radius 1 is 1.19 bits per heavy atom. The second kappa shape index (κ2) is 9.00. The van der Waals surface area contributed by atoms with Gasteiger partial charge in [0.15, 0.2) is 0 Å². The van der Waals surface area contributed by atoms with Crippen molar-refractivity contribution in [2.75, 3.05) is 6.54 Å². The SMILES string of the molecule is Cc1nc(=O)n(C[C@H](F)CN2C3CCC2CC(OCc2cccc(F)c2)C3)c(=O)n1C. The largest absolute Gasteiger partial charge is 0.373 e. The van der Waals surface area contributed by atoms with Crippen molar-refractivity contribution >= 4 is 0 Å². The van der Waals surface area contributed by atoms with E-state index in [-0.39, 0.29) is 37.1 Å². The van der Waals surface area contributed by atoms with Crippen molar-refractivity contribution in [2.45, 2.75) is 70.1 Å². The van der Waals surface area contributed by atoms with Crippen LogP contribution in [0.25, 0.3) is 0 Å². The van der Waals surface area contributed by atoms with Crippen LogP contribution in [0, 0.1) is 12.7 Å². The van der Waals surface area contributed by atoms with Gasteiger partial charge in [0, 0.05) is 25.7 Å². The van der Waals surface area contributed by atoms with Crippen molar-refractivity contribution in [3.63, 3.8) is 0 Å². The number of alkyl halides is 1. The number of ether oxygens (including phenoxy) is 1. The summed E-state index contributed by atoms with van der Waals surface area (Å²) in [4.78, 5) is 30.3. The first-order valence-electron chi connectivity index (χ1n) is 10.7. The molecule has 2 aliphatic heterocycles. The van der Waals surface area contributed by atoms with Crippen LogP contribution in [0.3, 0.4) is 0 Å². The van der Waals surface area contributed by atoms with E-state index in [1.807, 2.05) is 6.07 Å². The third-order valence-electron chi connectivity index (χ3n) is 6.50. The van der Waals surface area contributed by atoms with Crippen LogP contribution in [0.4, 0.5) is 8.78 Å². The monoisotopic (exact) mass is 434 g/mol. The molecule has 7 nitrogen and oxygen atoms in total. The Kier molecular flexibility index (Phi) is 6.34. The highest BCUT2D eigenvalue weighted by atomic mass is 19.1. The smallest absolute Gasteiger partial charge is 0.353 e. The molecule has 2 unspecified atom stereocenters. The molecule has 0 N–H and O–H groups in total. The summed E-state index contributed by atoms with van der Waals surface area (Å²) >= 11 is 0. The van der Waals surface area contributed by atoms with Crippen LogP contribution in [0.2, 0.25) is 0 Å².